The molecule has 21 heavy (non-hydrogen) atoms. The van der Waals surface area contributed by atoms with Crippen LogP contribution in [0.4, 0.5) is 4.39 Å². The minimum atomic E-state index is -0.304. The van der Waals surface area contributed by atoms with Crippen molar-refractivity contribution in [3.8, 4) is 5.75 Å². The molecule has 2 saturated heterocycles. The van der Waals surface area contributed by atoms with Gasteiger partial charge in [0.2, 0.25) is 0 Å². The second-order valence-electron chi connectivity index (χ2n) is 5.88. The Kier molecular flexibility index (Phi) is 4.39. The highest BCUT2D eigenvalue weighted by molar-refractivity contribution is 5.77. The highest BCUT2D eigenvalue weighted by atomic mass is 19.1. The maximum absolute atomic E-state index is 12.8. The van der Waals surface area contributed by atoms with Crippen molar-refractivity contribution in [2.24, 2.45) is 11.8 Å². The van der Waals surface area contributed by atoms with Gasteiger partial charge in [-0.2, -0.15) is 0 Å². The Labute approximate surface area is 124 Å². The smallest absolute Gasteiger partial charge is 0.260 e. The number of hydrogen-bond acceptors (Lipinski definition) is 3. The van der Waals surface area contributed by atoms with E-state index in [-0.39, 0.29) is 18.3 Å². The van der Waals surface area contributed by atoms with Gasteiger partial charge in [0, 0.05) is 13.1 Å². The van der Waals surface area contributed by atoms with E-state index in [0.29, 0.717) is 17.6 Å². The normalized spacial score (nSPS) is 25.3. The van der Waals surface area contributed by atoms with E-state index < -0.39 is 0 Å². The largest absolute Gasteiger partial charge is 0.484 e. The molecule has 2 aliphatic heterocycles. The van der Waals surface area contributed by atoms with Crippen molar-refractivity contribution in [3.05, 3.63) is 30.1 Å². The molecule has 4 nitrogen and oxygen atoms in total. The Balaban J connectivity index is 1.50. The van der Waals surface area contributed by atoms with Gasteiger partial charge < -0.3 is 15.0 Å². The van der Waals surface area contributed by atoms with E-state index in [1.165, 1.54) is 12.1 Å². The van der Waals surface area contributed by atoms with Crippen LogP contribution in [0.5, 0.6) is 5.75 Å². The highest BCUT2D eigenvalue weighted by Crippen LogP contribution is 2.27. The first-order chi connectivity index (χ1) is 10.2. The molecule has 1 aromatic carbocycles. The van der Waals surface area contributed by atoms with Crippen molar-refractivity contribution in [3.63, 3.8) is 0 Å². The van der Waals surface area contributed by atoms with Crippen LogP contribution >= 0.6 is 0 Å². The van der Waals surface area contributed by atoms with Gasteiger partial charge in [0.25, 0.3) is 5.91 Å². The maximum Gasteiger partial charge on any atom is 0.260 e. The van der Waals surface area contributed by atoms with Crippen molar-refractivity contribution < 1.29 is 13.9 Å². The number of halogens is 1. The molecule has 0 saturated carbocycles. The van der Waals surface area contributed by atoms with Crippen LogP contribution in [0, 0.1) is 17.7 Å². The van der Waals surface area contributed by atoms with Gasteiger partial charge in [-0.05, 0) is 62.0 Å². The summed E-state index contributed by atoms with van der Waals surface area (Å²) in [7, 11) is 0. The lowest BCUT2D eigenvalue weighted by Gasteiger charge is -2.21. The SMILES string of the molecule is O=C(COc1ccc(F)cc1)N1CC[C@@H]2CNC[C@@H]2CC1. The summed E-state index contributed by atoms with van der Waals surface area (Å²) in [6.07, 6.45) is 2.14. The molecule has 1 aromatic rings. The lowest BCUT2D eigenvalue weighted by atomic mass is 9.92. The number of nitrogens with one attached hydrogen (secondary N) is 1. The molecular formula is C16H21FN2O2. The molecule has 0 spiro atoms. The third kappa shape index (κ3) is 3.53. The fourth-order valence-electron chi connectivity index (χ4n) is 3.23. The third-order valence-electron chi connectivity index (χ3n) is 4.55. The summed E-state index contributed by atoms with van der Waals surface area (Å²) < 4.78 is 18.2. The van der Waals surface area contributed by atoms with Crippen molar-refractivity contribution in [2.75, 3.05) is 32.8 Å². The lowest BCUT2D eigenvalue weighted by molar-refractivity contribution is -0.133. The van der Waals surface area contributed by atoms with Gasteiger partial charge in [-0.3, -0.25) is 4.79 Å². The Morgan fingerprint density at radius 2 is 1.81 bits per heavy atom. The Hall–Kier alpha value is -1.62. The predicted molar refractivity (Wildman–Crippen MR) is 77.6 cm³/mol. The zero-order chi connectivity index (χ0) is 14.7. The zero-order valence-corrected chi connectivity index (χ0v) is 12.1. The number of carbonyl (C=O) groups excluding carboxylic acids is 1. The van der Waals surface area contributed by atoms with Crippen LogP contribution in [0.2, 0.25) is 0 Å². The summed E-state index contributed by atoms with van der Waals surface area (Å²) in [4.78, 5) is 14.1. The standard InChI is InChI=1S/C16H21FN2O2/c17-14-1-3-15(4-2-14)21-11-16(20)19-7-5-12-9-18-10-13(12)6-8-19/h1-4,12-13,18H,5-11H2/t12-,13+. The van der Waals surface area contributed by atoms with Gasteiger partial charge >= 0.3 is 0 Å². The molecule has 2 aliphatic rings. The summed E-state index contributed by atoms with van der Waals surface area (Å²) in [5, 5.41) is 3.43. The molecule has 0 aromatic heterocycles. The average Bonchev–Trinajstić information content (AvgIpc) is 2.85. The van der Waals surface area contributed by atoms with E-state index in [0.717, 1.165) is 39.0 Å². The summed E-state index contributed by atoms with van der Waals surface area (Å²) in [5.74, 6) is 1.66. The van der Waals surface area contributed by atoms with Crippen molar-refractivity contribution >= 4 is 5.91 Å². The van der Waals surface area contributed by atoms with Crippen molar-refractivity contribution in [2.45, 2.75) is 12.8 Å². The van der Waals surface area contributed by atoms with E-state index in [1.807, 2.05) is 4.90 Å². The summed E-state index contributed by atoms with van der Waals surface area (Å²) in [6, 6.07) is 5.75. The number of carbonyl (C=O) groups is 1. The van der Waals surface area contributed by atoms with Crippen molar-refractivity contribution in [1.29, 1.82) is 0 Å². The van der Waals surface area contributed by atoms with Crippen LogP contribution in [0.1, 0.15) is 12.8 Å². The van der Waals surface area contributed by atoms with Crippen LogP contribution in [0.15, 0.2) is 24.3 Å². The number of fused-ring (bicyclic) bond motifs is 1. The monoisotopic (exact) mass is 292 g/mol. The van der Waals surface area contributed by atoms with E-state index in [1.54, 1.807) is 12.1 Å². The molecule has 3 rings (SSSR count). The molecule has 114 valence electrons. The number of hydrogen-bond donors (Lipinski definition) is 1. The Bertz CT molecular complexity index is 478. The van der Waals surface area contributed by atoms with Crippen LogP contribution in [0.3, 0.4) is 0 Å². The minimum absolute atomic E-state index is 0.0206. The van der Waals surface area contributed by atoms with Gasteiger partial charge in [-0.15, -0.1) is 0 Å². The first kappa shape index (κ1) is 14.3. The Morgan fingerprint density at radius 3 is 2.43 bits per heavy atom. The Morgan fingerprint density at radius 1 is 1.19 bits per heavy atom. The molecule has 1 N–H and O–H groups in total. The lowest BCUT2D eigenvalue weighted by Crippen LogP contribution is -2.36. The number of likely N-dealkylation sites (tertiary alicyclic amines) is 1. The summed E-state index contributed by atoms with van der Waals surface area (Å²) >= 11 is 0. The van der Waals surface area contributed by atoms with Crippen molar-refractivity contribution in [1.82, 2.24) is 10.2 Å². The van der Waals surface area contributed by atoms with Gasteiger partial charge in [0.1, 0.15) is 11.6 Å². The molecule has 0 unspecified atom stereocenters. The molecule has 0 aliphatic carbocycles. The number of amides is 1. The molecule has 2 atom stereocenters. The van der Waals surface area contributed by atoms with Crippen LogP contribution < -0.4 is 10.1 Å². The van der Waals surface area contributed by atoms with Gasteiger partial charge in [0.05, 0.1) is 0 Å². The topological polar surface area (TPSA) is 41.6 Å². The van der Waals surface area contributed by atoms with E-state index >= 15 is 0 Å². The quantitative estimate of drug-likeness (QED) is 0.921. The second-order valence-corrected chi connectivity index (χ2v) is 5.88. The predicted octanol–water partition coefficient (Wildman–Crippen LogP) is 1.66. The fourth-order valence-corrected chi connectivity index (χ4v) is 3.23. The van der Waals surface area contributed by atoms with Crippen LogP contribution in [0.25, 0.3) is 0 Å². The molecule has 1 amide bonds. The highest BCUT2D eigenvalue weighted by Gasteiger charge is 2.31. The fraction of sp³-hybridized carbons (Fsp3) is 0.562. The maximum atomic E-state index is 12.8. The third-order valence-corrected chi connectivity index (χ3v) is 4.55. The molecule has 5 heteroatoms. The zero-order valence-electron chi connectivity index (χ0n) is 12.1. The number of nitrogens with zero attached hydrogens (tertiary/aromatic N) is 1. The molecular weight excluding hydrogens is 271 g/mol. The number of ether oxygens (including phenoxy) is 1. The molecule has 2 fully saturated rings. The summed E-state index contributed by atoms with van der Waals surface area (Å²) in [6.45, 7) is 3.82. The average molecular weight is 292 g/mol. The van der Waals surface area contributed by atoms with E-state index in [9.17, 15) is 9.18 Å². The van der Waals surface area contributed by atoms with Gasteiger partial charge in [-0.1, -0.05) is 0 Å². The van der Waals surface area contributed by atoms with E-state index in [2.05, 4.69) is 5.32 Å². The number of rotatable bonds is 3. The molecule has 2 heterocycles. The number of benzene rings is 1. The van der Waals surface area contributed by atoms with Gasteiger partial charge in [0.15, 0.2) is 6.61 Å². The minimum Gasteiger partial charge on any atom is -0.484 e. The van der Waals surface area contributed by atoms with E-state index in [4.69, 9.17) is 4.74 Å². The second kappa shape index (κ2) is 6.43. The first-order valence-electron chi connectivity index (χ1n) is 7.59. The van der Waals surface area contributed by atoms with Crippen LogP contribution in [-0.4, -0.2) is 43.6 Å². The van der Waals surface area contributed by atoms with Crippen LogP contribution in [-0.2, 0) is 4.79 Å². The molecule has 0 radical (unpaired) electrons. The van der Waals surface area contributed by atoms with Gasteiger partial charge in [-0.25, -0.2) is 4.39 Å². The molecule has 0 bridgehead atoms. The summed E-state index contributed by atoms with van der Waals surface area (Å²) in [5.41, 5.74) is 0. The first-order valence-corrected chi connectivity index (χ1v) is 7.59.